The van der Waals surface area contributed by atoms with Crippen LogP contribution < -0.4 is 0 Å². The normalized spacial score (nSPS) is 27.8. The SMILES string of the molecule is CCOC(=O)[C@@]1(C#Cc2ccc(C)cc2)CCC[C@@]1(C)O. The Bertz CT molecular complexity index is 575. The van der Waals surface area contributed by atoms with E-state index in [1.165, 1.54) is 0 Å². The molecule has 1 aliphatic carbocycles. The maximum absolute atomic E-state index is 12.4. The average molecular weight is 286 g/mol. The van der Waals surface area contributed by atoms with E-state index >= 15 is 0 Å². The first-order valence-corrected chi connectivity index (χ1v) is 7.41. The summed E-state index contributed by atoms with van der Waals surface area (Å²) in [5, 5.41) is 10.6. The smallest absolute Gasteiger partial charge is 0.327 e. The van der Waals surface area contributed by atoms with Gasteiger partial charge in [0.05, 0.1) is 12.2 Å². The van der Waals surface area contributed by atoms with Gasteiger partial charge in [0, 0.05) is 5.56 Å². The Hall–Kier alpha value is -1.79. The van der Waals surface area contributed by atoms with Gasteiger partial charge in [0.25, 0.3) is 0 Å². The van der Waals surface area contributed by atoms with Crippen molar-refractivity contribution in [3.63, 3.8) is 0 Å². The molecule has 1 fully saturated rings. The van der Waals surface area contributed by atoms with E-state index < -0.39 is 17.0 Å². The number of esters is 1. The molecule has 0 spiro atoms. The number of ether oxygens (including phenoxy) is 1. The molecule has 0 amide bonds. The highest BCUT2D eigenvalue weighted by Crippen LogP contribution is 2.47. The molecule has 0 bridgehead atoms. The summed E-state index contributed by atoms with van der Waals surface area (Å²) >= 11 is 0. The average Bonchev–Trinajstić information content (AvgIpc) is 2.74. The van der Waals surface area contributed by atoms with Gasteiger partial charge in [0.15, 0.2) is 5.41 Å². The van der Waals surface area contributed by atoms with Crippen molar-refractivity contribution in [2.24, 2.45) is 5.41 Å². The quantitative estimate of drug-likeness (QED) is 0.672. The number of hydrogen-bond donors (Lipinski definition) is 1. The molecule has 3 nitrogen and oxygen atoms in total. The second-order valence-corrected chi connectivity index (χ2v) is 5.87. The number of aryl methyl sites for hydroxylation is 1. The Kier molecular flexibility index (Phi) is 4.39. The van der Waals surface area contributed by atoms with Crippen LogP contribution in [0.2, 0.25) is 0 Å². The monoisotopic (exact) mass is 286 g/mol. The fourth-order valence-corrected chi connectivity index (χ4v) is 2.82. The zero-order valence-corrected chi connectivity index (χ0v) is 12.9. The molecule has 1 aromatic rings. The molecule has 112 valence electrons. The molecule has 3 heteroatoms. The van der Waals surface area contributed by atoms with E-state index in [0.29, 0.717) is 19.4 Å². The third-order valence-corrected chi connectivity index (χ3v) is 4.23. The molecule has 21 heavy (non-hydrogen) atoms. The zero-order chi connectivity index (χ0) is 15.5. The molecule has 1 aliphatic rings. The van der Waals surface area contributed by atoms with Gasteiger partial charge in [-0.3, -0.25) is 4.79 Å². The van der Waals surface area contributed by atoms with Crippen LogP contribution in [0.1, 0.15) is 44.2 Å². The van der Waals surface area contributed by atoms with Crippen molar-refractivity contribution in [3.8, 4) is 11.8 Å². The Labute approximate surface area is 126 Å². The summed E-state index contributed by atoms with van der Waals surface area (Å²) in [6, 6.07) is 7.80. The van der Waals surface area contributed by atoms with Gasteiger partial charge in [-0.05, 0) is 52.2 Å². The molecular formula is C18H22O3. The van der Waals surface area contributed by atoms with E-state index in [0.717, 1.165) is 17.5 Å². The van der Waals surface area contributed by atoms with Gasteiger partial charge in [-0.2, -0.15) is 0 Å². The molecule has 0 aliphatic heterocycles. The third-order valence-electron chi connectivity index (χ3n) is 4.23. The number of rotatable bonds is 2. The van der Waals surface area contributed by atoms with Gasteiger partial charge in [0.1, 0.15) is 0 Å². The summed E-state index contributed by atoms with van der Waals surface area (Å²) in [4.78, 5) is 12.4. The number of benzene rings is 1. The highest BCUT2D eigenvalue weighted by molar-refractivity contribution is 5.83. The van der Waals surface area contributed by atoms with Gasteiger partial charge >= 0.3 is 5.97 Å². The molecule has 0 aromatic heterocycles. The number of aliphatic hydroxyl groups is 1. The summed E-state index contributed by atoms with van der Waals surface area (Å²) < 4.78 is 5.17. The second kappa shape index (κ2) is 5.91. The van der Waals surface area contributed by atoms with Gasteiger partial charge in [-0.15, -0.1) is 0 Å². The first-order chi connectivity index (χ1) is 9.91. The molecule has 1 saturated carbocycles. The number of hydrogen-bond acceptors (Lipinski definition) is 3. The van der Waals surface area contributed by atoms with Gasteiger partial charge in [-0.25, -0.2) is 0 Å². The first kappa shape index (κ1) is 15.6. The Morgan fingerprint density at radius 3 is 2.52 bits per heavy atom. The summed E-state index contributed by atoms with van der Waals surface area (Å²) in [5.41, 5.74) is -0.259. The standard InChI is InChI=1S/C18H22O3/c1-4-21-16(19)18(12-5-11-17(18,3)20)13-10-15-8-6-14(2)7-9-15/h6-9,20H,4-5,11-12H2,1-3H3/t17-,18+/m1/s1. The van der Waals surface area contributed by atoms with Crippen molar-refractivity contribution in [2.75, 3.05) is 6.61 Å². The lowest BCUT2D eigenvalue weighted by Crippen LogP contribution is -2.47. The third kappa shape index (κ3) is 2.96. The van der Waals surface area contributed by atoms with E-state index in [4.69, 9.17) is 4.74 Å². The van der Waals surface area contributed by atoms with Crippen molar-refractivity contribution in [1.82, 2.24) is 0 Å². The fourth-order valence-electron chi connectivity index (χ4n) is 2.82. The second-order valence-electron chi connectivity index (χ2n) is 5.87. The summed E-state index contributed by atoms with van der Waals surface area (Å²) in [6.45, 7) is 5.76. The molecule has 0 radical (unpaired) electrons. The first-order valence-electron chi connectivity index (χ1n) is 7.41. The van der Waals surface area contributed by atoms with E-state index in [-0.39, 0.29) is 0 Å². The van der Waals surface area contributed by atoms with Crippen molar-refractivity contribution < 1.29 is 14.6 Å². The number of carbonyl (C=O) groups is 1. The van der Waals surface area contributed by atoms with Crippen LogP contribution in [-0.4, -0.2) is 23.3 Å². The summed E-state index contributed by atoms with van der Waals surface area (Å²) in [7, 11) is 0. The topological polar surface area (TPSA) is 46.5 Å². The molecule has 2 atom stereocenters. The molecular weight excluding hydrogens is 264 g/mol. The van der Waals surface area contributed by atoms with Crippen molar-refractivity contribution in [1.29, 1.82) is 0 Å². The molecule has 1 aromatic carbocycles. The summed E-state index contributed by atoms with van der Waals surface area (Å²) in [5.74, 6) is 5.66. The summed E-state index contributed by atoms with van der Waals surface area (Å²) in [6.07, 6.45) is 1.88. The minimum absolute atomic E-state index is 0.295. The van der Waals surface area contributed by atoms with Crippen LogP contribution >= 0.6 is 0 Å². The maximum Gasteiger partial charge on any atom is 0.327 e. The van der Waals surface area contributed by atoms with Crippen molar-refractivity contribution >= 4 is 5.97 Å². The van der Waals surface area contributed by atoms with Crippen LogP contribution in [-0.2, 0) is 9.53 Å². The lowest BCUT2D eigenvalue weighted by Gasteiger charge is -2.33. The lowest BCUT2D eigenvalue weighted by molar-refractivity contribution is -0.162. The van der Waals surface area contributed by atoms with Crippen LogP contribution in [0.3, 0.4) is 0 Å². The minimum Gasteiger partial charge on any atom is -0.465 e. The largest absolute Gasteiger partial charge is 0.465 e. The molecule has 0 heterocycles. The van der Waals surface area contributed by atoms with E-state index in [1.54, 1.807) is 13.8 Å². The Morgan fingerprint density at radius 1 is 1.33 bits per heavy atom. The predicted molar refractivity (Wildman–Crippen MR) is 81.6 cm³/mol. The van der Waals surface area contributed by atoms with Crippen LogP contribution in [0.25, 0.3) is 0 Å². The lowest BCUT2D eigenvalue weighted by atomic mass is 9.75. The fraction of sp³-hybridized carbons (Fsp3) is 0.500. The predicted octanol–water partition coefficient (Wildman–Crippen LogP) is 2.83. The van der Waals surface area contributed by atoms with Crippen LogP contribution in [0.15, 0.2) is 24.3 Å². The van der Waals surface area contributed by atoms with E-state index in [2.05, 4.69) is 11.8 Å². The maximum atomic E-state index is 12.4. The molecule has 2 rings (SSSR count). The van der Waals surface area contributed by atoms with Crippen LogP contribution in [0.5, 0.6) is 0 Å². The van der Waals surface area contributed by atoms with E-state index in [1.807, 2.05) is 31.2 Å². The highest BCUT2D eigenvalue weighted by atomic mass is 16.5. The molecule has 0 saturated heterocycles. The minimum atomic E-state index is -1.14. The molecule has 1 N–H and O–H groups in total. The van der Waals surface area contributed by atoms with Crippen LogP contribution in [0, 0.1) is 24.2 Å². The Morgan fingerprint density at radius 2 is 2.00 bits per heavy atom. The zero-order valence-electron chi connectivity index (χ0n) is 12.9. The van der Waals surface area contributed by atoms with Gasteiger partial charge < -0.3 is 9.84 Å². The Balaban J connectivity index is 2.38. The number of carbonyl (C=O) groups excluding carboxylic acids is 1. The van der Waals surface area contributed by atoms with Crippen molar-refractivity contribution in [3.05, 3.63) is 35.4 Å². The van der Waals surface area contributed by atoms with Gasteiger partial charge in [-0.1, -0.05) is 29.5 Å². The van der Waals surface area contributed by atoms with E-state index in [9.17, 15) is 9.90 Å². The van der Waals surface area contributed by atoms with Crippen molar-refractivity contribution in [2.45, 2.75) is 45.6 Å². The molecule has 0 unspecified atom stereocenters. The highest BCUT2D eigenvalue weighted by Gasteiger charge is 2.56. The van der Waals surface area contributed by atoms with Crippen LogP contribution in [0.4, 0.5) is 0 Å². The van der Waals surface area contributed by atoms with Gasteiger partial charge in [0.2, 0.25) is 0 Å².